The second-order valence-corrected chi connectivity index (χ2v) is 7.01. The van der Waals surface area contributed by atoms with Gasteiger partial charge >= 0.3 is 0 Å². The summed E-state index contributed by atoms with van der Waals surface area (Å²) in [5, 5.41) is 2.33. The smallest absolute Gasteiger partial charge is 0.212 e. The van der Waals surface area contributed by atoms with E-state index in [4.69, 9.17) is 0 Å². The van der Waals surface area contributed by atoms with Crippen molar-refractivity contribution < 1.29 is 8.42 Å². The quantitative estimate of drug-likeness (QED) is 0.778. The summed E-state index contributed by atoms with van der Waals surface area (Å²) in [4.78, 5) is 0. The minimum Gasteiger partial charge on any atom is -0.212 e. The fourth-order valence-corrected chi connectivity index (χ4v) is 3.81. The van der Waals surface area contributed by atoms with Crippen molar-refractivity contribution in [2.45, 2.75) is 12.5 Å². The van der Waals surface area contributed by atoms with Gasteiger partial charge in [-0.15, -0.1) is 0 Å². The largest absolute Gasteiger partial charge is 0.212 e. The number of hydrogen-bond acceptors (Lipinski definition) is 2. The highest BCUT2D eigenvalue weighted by Crippen LogP contribution is 2.44. The molecule has 0 bridgehead atoms. The molecule has 1 heterocycles. The molecule has 1 aliphatic heterocycles. The van der Waals surface area contributed by atoms with Crippen LogP contribution in [0, 0.1) is 0 Å². The van der Waals surface area contributed by atoms with Gasteiger partial charge in [-0.25, -0.2) is 8.42 Å². The Kier molecular flexibility index (Phi) is 2.31. The molecule has 18 heavy (non-hydrogen) atoms. The standard InChI is InChI=1S/C14H15NO2S/c1-14(10-15(14)18(2,16)17)13-8-7-11-5-3-4-6-12(11)9-13/h3-9H,10H2,1-2H3/t14-,15?/m0/s1. The Morgan fingerprint density at radius 2 is 1.78 bits per heavy atom. The summed E-state index contributed by atoms with van der Waals surface area (Å²) < 4.78 is 24.7. The lowest BCUT2D eigenvalue weighted by Gasteiger charge is -2.12. The third kappa shape index (κ3) is 1.72. The van der Waals surface area contributed by atoms with E-state index in [-0.39, 0.29) is 5.54 Å². The van der Waals surface area contributed by atoms with Crippen molar-refractivity contribution in [2.24, 2.45) is 0 Å². The first-order valence-electron chi connectivity index (χ1n) is 5.88. The first kappa shape index (κ1) is 11.7. The zero-order valence-electron chi connectivity index (χ0n) is 10.4. The van der Waals surface area contributed by atoms with Crippen molar-refractivity contribution in [2.75, 3.05) is 12.8 Å². The lowest BCUT2D eigenvalue weighted by atomic mass is 9.98. The number of benzene rings is 2. The van der Waals surface area contributed by atoms with Crippen molar-refractivity contribution in [1.82, 2.24) is 4.31 Å². The molecule has 0 saturated carbocycles. The summed E-state index contributed by atoms with van der Waals surface area (Å²) in [6.07, 6.45) is 1.26. The van der Waals surface area contributed by atoms with Gasteiger partial charge in [0.15, 0.2) is 0 Å². The van der Waals surface area contributed by atoms with E-state index >= 15 is 0 Å². The van der Waals surface area contributed by atoms with Crippen molar-refractivity contribution in [3.05, 3.63) is 48.0 Å². The van der Waals surface area contributed by atoms with Crippen LogP contribution in [-0.2, 0) is 15.6 Å². The van der Waals surface area contributed by atoms with Crippen LogP contribution >= 0.6 is 0 Å². The van der Waals surface area contributed by atoms with Crippen LogP contribution in [-0.4, -0.2) is 25.5 Å². The van der Waals surface area contributed by atoms with Gasteiger partial charge in [-0.1, -0.05) is 36.4 Å². The van der Waals surface area contributed by atoms with Gasteiger partial charge in [0.05, 0.1) is 11.8 Å². The minimum absolute atomic E-state index is 0.363. The van der Waals surface area contributed by atoms with Crippen molar-refractivity contribution in [1.29, 1.82) is 0 Å². The van der Waals surface area contributed by atoms with E-state index in [0.29, 0.717) is 6.54 Å². The van der Waals surface area contributed by atoms with Gasteiger partial charge in [-0.3, -0.25) is 0 Å². The molecule has 2 atom stereocenters. The Morgan fingerprint density at radius 3 is 2.39 bits per heavy atom. The van der Waals surface area contributed by atoms with Crippen molar-refractivity contribution >= 4 is 20.8 Å². The highest BCUT2D eigenvalue weighted by Gasteiger charge is 2.54. The van der Waals surface area contributed by atoms with E-state index in [0.717, 1.165) is 10.9 Å². The molecule has 0 aromatic heterocycles. The molecule has 1 fully saturated rings. The van der Waals surface area contributed by atoms with E-state index in [2.05, 4.69) is 24.3 Å². The maximum atomic E-state index is 11.6. The summed E-state index contributed by atoms with van der Waals surface area (Å²) in [5.41, 5.74) is 0.698. The molecular formula is C14H15NO2S. The molecule has 1 aliphatic rings. The van der Waals surface area contributed by atoms with Crippen molar-refractivity contribution in [3.8, 4) is 0 Å². The first-order chi connectivity index (χ1) is 8.41. The van der Waals surface area contributed by atoms with Gasteiger partial charge in [0.2, 0.25) is 10.0 Å². The minimum atomic E-state index is -3.11. The number of rotatable bonds is 2. The topological polar surface area (TPSA) is 37.1 Å². The summed E-state index contributed by atoms with van der Waals surface area (Å²) in [7, 11) is -3.11. The number of nitrogens with zero attached hydrogens (tertiary/aromatic N) is 1. The molecule has 1 unspecified atom stereocenters. The molecule has 4 heteroatoms. The summed E-state index contributed by atoms with van der Waals surface area (Å²) in [6, 6.07) is 14.3. The van der Waals surface area contributed by atoms with Crippen LogP contribution < -0.4 is 0 Å². The first-order valence-corrected chi connectivity index (χ1v) is 7.73. The Morgan fingerprint density at radius 1 is 1.11 bits per heavy atom. The van der Waals surface area contributed by atoms with E-state index in [1.54, 1.807) is 0 Å². The van der Waals surface area contributed by atoms with Crippen LogP contribution in [0.25, 0.3) is 10.8 Å². The molecule has 0 aliphatic carbocycles. The summed E-state index contributed by atoms with van der Waals surface area (Å²) in [5.74, 6) is 0. The third-order valence-corrected chi connectivity index (χ3v) is 5.00. The van der Waals surface area contributed by atoms with Crippen LogP contribution in [0.2, 0.25) is 0 Å². The molecule has 0 amide bonds. The fraction of sp³-hybridized carbons (Fsp3) is 0.286. The van der Waals surface area contributed by atoms with Gasteiger partial charge in [0.1, 0.15) is 0 Å². The van der Waals surface area contributed by atoms with Gasteiger partial charge < -0.3 is 0 Å². The normalized spacial score (nSPS) is 27.3. The van der Waals surface area contributed by atoms with E-state index in [1.807, 2.05) is 25.1 Å². The lowest BCUT2D eigenvalue weighted by Crippen LogP contribution is -2.18. The fourth-order valence-electron chi connectivity index (χ4n) is 2.49. The SMILES string of the molecule is C[C@@]1(c2ccc3ccccc3c2)CN1S(C)(=O)=O. The second-order valence-electron chi connectivity index (χ2n) is 5.11. The monoisotopic (exact) mass is 261 g/mol. The van der Waals surface area contributed by atoms with Crippen LogP contribution in [0.5, 0.6) is 0 Å². The highest BCUT2D eigenvalue weighted by molar-refractivity contribution is 7.88. The summed E-state index contributed by atoms with van der Waals surface area (Å²) in [6.45, 7) is 2.54. The maximum Gasteiger partial charge on any atom is 0.212 e. The lowest BCUT2D eigenvalue weighted by molar-refractivity contribution is 0.530. The molecule has 1 saturated heterocycles. The van der Waals surface area contributed by atoms with Gasteiger partial charge in [-0.2, -0.15) is 4.31 Å². The van der Waals surface area contributed by atoms with E-state index in [1.165, 1.54) is 15.9 Å². The summed E-state index contributed by atoms with van der Waals surface area (Å²) >= 11 is 0. The zero-order valence-corrected chi connectivity index (χ0v) is 11.2. The molecule has 2 aromatic rings. The predicted octanol–water partition coefficient (Wildman–Crippen LogP) is 2.33. The molecule has 2 aromatic carbocycles. The molecule has 0 radical (unpaired) electrons. The average Bonchev–Trinajstić information content (AvgIpc) is 3.03. The van der Waals surface area contributed by atoms with Crippen LogP contribution in [0.4, 0.5) is 0 Å². The second kappa shape index (κ2) is 3.56. The van der Waals surface area contributed by atoms with Crippen LogP contribution in [0.3, 0.4) is 0 Å². The Hall–Kier alpha value is -1.39. The predicted molar refractivity (Wildman–Crippen MR) is 72.8 cm³/mol. The molecule has 94 valence electrons. The maximum absolute atomic E-state index is 11.6. The Balaban J connectivity index is 2.07. The van der Waals surface area contributed by atoms with Gasteiger partial charge in [0.25, 0.3) is 0 Å². The Bertz CT molecular complexity index is 723. The van der Waals surface area contributed by atoms with Crippen LogP contribution in [0.1, 0.15) is 12.5 Å². The van der Waals surface area contributed by atoms with Crippen LogP contribution in [0.15, 0.2) is 42.5 Å². The number of hydrogen-bond donors (Lipinski definition) is 0. The number of sulfonamides is 1. The van der Waals surface area contributed by atoms with Crippen molar-refractivity contribution in [3.63, 3.8) is 0 Å². The molecule has 0 N–H and O–H groups in total. The molecule has 0 spiro atoms. The Labute approximate surface area is 107 Å². The highest BCUT2D eigenvalue weighted by atomic mass is 32.2. The number of fused-ring (bicyclic) bond motifs is 1. The van der Waals surface area contributed by atoms with E-state index in [9.17, 15) is 8.42 Å². The van der Waals surface area contributed by atoms with E-state index < -0.39 is 10.0 Å². The average molecular weight is 261 g/mol. The van der Waals surface area contributed by atoms with Gasteiger partial charge in [-0.05, 0) is 29.3 Å². The molecule has 3 rings (SSSR count). The van der Waals surface area contributed by atoms with Gasteiger partial charge in [0, 0.05) is 6.54 Å². The zero-order chi connectivity index (χ0) is 13.0. The molecule has 3 nitrogen and oxygen atoms in total. The third-order valence-electron chi connectivity index (χ3n) is 3.67. The molecular weight excluding hydrogens is 246 g/mol.